The fraction of sp³-hybridized carbons (Fsp3) is 0.636. The summed E-state index contributed by atoms with van der Waals surface area (Å²) in [5, 5.41) is 7.48. The number of ether oxygens (including phenoxy) is 1. The Balaban J connectivity index is 0.00000162. The molecule has 2 heterocycles. The van der Waals surface area contributed by atoms with Gasteiger partial charge in [0.1, 0.15) is 5.82 Å². The molecule has 1 aliphatic rings. The van der Waals surface area contributed by atoms with Crippen LogP contribution in [0.5, 0.6) is 0 Å². The monoisotopic (exact) mass is 326 g/mol. The van der Waals surface area contributed by atoms with Crippen LogP contribution in [0.25, 0.3) is 0 Å². The minimum absolute atomic E-state index is 0. The molecule has 110 valence electrons. The van der Waals surface area contributed by atoms with Crippen LogP contribution in [-0.4, -0.2) is 49.1 Å². The van der Waals surface area contributed by atoms with E-state index >= 15 is 0 Å². The highest BCUT2D eigenvalue weighted by molar-refractivity contribution is 7.98. The predicted molar refractivity (Wildman–Crippen MR) is 84.0 cm³/mol. The lowest BCUT2D eigenvalue weighted by Gasteiger charge is -2.14. The van der Waals surface area contributed by atoms with Gasteiger partial charge < -0.3 is 15.4 Å². The van der Waals surface area contributed by atoms with Gasteiger partial charge in [0.2, 0.25) is 0 Å². The maximum atomic E-state index is 5.50. The van der Waals surface area contributed by atoms with Crippen molar-refractivity contribution in [3.05, 3.63) is 12.3 Å². The van der Waals surface area contributed by atoms with E-state index < -0.39 is 0 Å². The Morgan fingerprint density at radius 2 is 2.37 bits per heavy atom. The third-order valence-electron chi connectivity index (χ3n) is 2.60. The van der Waals surface area contributed by atoms with Crippen molar-refractivity contribution in [3.63, 3.8) is 0 Å². The molecule has 1 unspecified atom stereocenters. The van der Waals surface area contributed by atoms with Gasteiger partial charge >= 0.3 is 0 Å². The number of nitrogens with zero attached hydrogens (tertiary/aromatic N) is 2. The summed E-state index contributed by atoms with van der Waals surface area (Å²) < 4.78 is 5.50. The molecule has 0 spiro atoms. The molecule has 0 amide bonds. The summed E-state index contributed by atoms with van der Waals surface area (Å²) in [4.78, 5) is 8.52. The number of thioether (sulfide) groups is 1. The minimum atomic E-state index is 0. The number of nitrogens with one attached hydrogen (secondary N) is 2. The van der Waals surface area contributed by atoms with Crippen LogP contribution >= 0.6 is 36.6 Å². The topological polar surface area (TPSA) is 59.1 Å². The second kappa shape index (κ2) is 10.5. The standard InChI is InChI=1S/C11H18N4OS.2ClH/c1-17-11-13-3-2-10(15-11)14-7-9-6-12-4-5-16-8-9;;/h2-3,9,12H,4-8H2,1H3,(H,13,14,15);2*1H. The largest absolute Gasteiger partial charge is 0.380 e. The van der Waals surface area contributed by atoms with Crippen molar-refractivity contribution in [2.75, 3.05) is 44.4 Å². The van der Waals surface area contributed by atoms with Crippen LogP contribution in [0.1, 0.15) is 0 Å². The van der Waals surface area contributed by atoms with Gasteiger partial charge in [-0.15, -0.1) is 24.8 Å². The Kier molecular flexibility index (Phi) is 10.4. The minimum Gasteiger partial charge on any atom is -0.380 e. The van der Waals surface area contributed by atoms with E-state index in [0.717, 1.165) is 43.8 Å². The van der Waals surface area contributed by atoms with Gasteiger partial charge in [0, 0.05) is 31.7 Å². The van der Waals surface area contributed by atoms with Crippen LogP contribution in [0.2, 0.25) is 0 Å². The highest BCUT2D eigenvalue weighted by Gasteiger charge is 2.12. The summed E-state index contributed by atoms with van der Waals surface area (Å²) in [6.07, 6.45) is 3.76. The lowest BCUT2D eigenvalue weighted by atomic mass is 10.1. The number of aromatic nitrogens is 2. The quantitative estimate of drug-likeness (QED) is 0.648. The Morgan fingerprint density at radius 1 is 1.53 bits per heavy atom. The predicted octanol–water partition coefficient (Wildman–Crippen LogP) is 1.69. The summed E-state index contributed by atoms with van der Waals surface area (Å²) in [6.45, 7) is 4.42. The van der Waals surface area contributed by atoms with Crippen molar-refractivity contribution in [1.29, 1.82) is 0 Å². The van der Waals surface area contributed by atoms with Gasteiger partial charge in [-0.2, -0.15) is 0 Å². The first-order chi connectivity index (χ1) is 8.38. The van der Waals surface area contributed by atoms with Gasteiger partial charge in [-0.25, -0.2) is 9.97 Å². The molecule has 1 atom stereocenters. The Labute approximate surface area is 130 Å². The average Bonchev–Trinajstić information content (AvgIpc) is 2.65. The first-order valence-electron chi connectivity index (χ1n) is 5.78. The fourth-order valence-electron chi connectivity index (χ4n) is 1.68. The van der Waals surface area contributed by atoms with Crippen molar-refractivity contribution in [2.45, 2.75) is 5.16 Å². The molecule has 19 heavy (non-hydrogen) atoms. The van der Waals surface area contributed by atoms with Crippen LogP contribution in [0.15, 0.2) is 17.4 Å². The van der Waals surface area contributed by atoms with Crippen LogP contribution < -0.4 is 10.6 Å². The van der Waals surface area contributed by atoms with E-state index in [0.29, 0.717) is 5.92 Å². The zero-order valence-electron chi connectivity index (χ0n) is 10.8. The lowest BCUT2D eigenvalue weighted by Crippen LogP contribution is -2.28. The molecular weight excluding hydrogens is 307 g/mol. The van der Waals surface area contributed by atoms with Gasteiger partial charge in [0.25, 0.3) is 0 Å². The van der Waals surface area contributed by atoms with Gasteiger partial charge in [-0.1, -0.05) is 11.8 Å². The summed E-state index contributed by atoms with van der Waals surface area (Å²) in [5.74, 6) is 1.37. The van der Waals surface area contributed by atoms with E-state index in [-0.39, 0.29) is 24.8 Å². The zero-order valence-corrected chi connectivity index (χ0v) is 13.2. The van der Waals surface area contributed by atoms with E-state index in [9.17, 15) is 0 Å². The van der Waals surface area contributed by atoms with Crippen LogP contribution in [0, 0.1) is 5.92 Å². The van der Waals surface area contributed by atoms with Gasteiger partial charge in [0.15, 0.2) is 5.16 Å². The number of halogens is 2. The van der Waals surface area contributed by atoms with E-state index in [1.807, 2.05) is 12.3 Å². The van der Waals surface area contributed by atoms with Crippen molar-refractivity contribution >= 4 is 42.4 Å². The molecule has 1 aliphatic heterocycles. The van der Waals surface area contributed by atoms with Crippen molar-refractivity contribution in [1.82, 2.24) is 15.3 Å². The maximum Gasteiger partial charge on any atom is 0.189 e. The lowest BCUT2D eigenvalue weighted by molar-refractivity contribution is 0.127. The van der Waals surface area contributed by atoms with E-state index in [1.165, 1.54) is 0 Å². The summed E-state index contributed by atoms with van der Waals surface area (Å²) in [7, 11) is 0. The molecule has 2 rings (SSSR count). The summed E-state index contributed by atoms with van der Waals surface area (Å²) in [6, 6.07) is 1.89. The van der Waals surface area contributed by atoms with Crippen LogP contribution in [-0.2, 0) is 4.74 Å². The SMILES string of the molecule is CSc1nccc(NCC2CNCCOC2)n1.Cl.Cl. The fourth-order valence-corrected chi connectivity index (χ4v) is 2.03. The van der Waals surface area contributed by atoms with Crippen molar-refractivity contribution in [2.24, 2.45) is 5.92 Å². The summed E-state index contributed by atoms with van der Waals surface area (Å²) in [5.41, 5.74) is 0. The molecule has 0 aromatic carbocycles. The van der Waals surface area contributed by atoms with Crippen LogP contribution in [0.3, 0.4) is 0 Å². The first-order valence-corrected chi connectivity index (χ1v) is 7.00. The molecule has 8 heteroatoms. The van der Waals surface area contributed by atoms with E-state index in [1.54, 1.807) is 18.0 Å². The first kappa shape index (κ1) is 18.7. The second-order valence-corrected chi connectivity index (χ2v) is 4.73. The number of hydrogen-bond acceptors (Lipinski definition) is 6. The highest BCUT2D eigenvalue weighted by Crippen LogP contribution is 2.11. The number of hydrogen-bond donors (Lipinski definition) is 2. The molecule has 2 N–H and O–H groups in total. The molecule has 0 saturated carbocycles. The maximum absolute atomic E-state index is 5.50. The molecule has 1 aromatic rings. The van der Waals surface area contributed by atoms with Crippen LogP contribution in [0.4, 0.5) is 5.82 Å². The normalized spacial score (nSPS) is 18.7. The molecule has 1 aromatic heterocycles. The van der Waals surface area contributed by atoms with Gasteiger partial charge in [-0.05, 0) is 12.3 Å². The van der Waals surface area contributed by atoms with Crippen molar-refractivity contribution < 1.29 is 4.74 Å². The summed E-state index contributed by atoms with van der Waals surface area (Å²) >= 11 is 1.55. The zero-order chi connectivity index (χ0) is 11.9. The molecular formula is C11H20Cl2N4OS. The Morgan fingerprint density at radius 3 is 3.16 bits per heavy atom. The smallest absolute Gasteiger partial charge is 0.189 e. The highest BCUT2D eigenvalue weighted by atomic mass is 35.5. The molecule has 0 bridgehead atoms. The molecule has 5 nitrogen and oxygen atoms in total. The average molecular weight is 327 g/mol. The van der Waals surface area contributed by atoms with Gasteiger partial charge in [0.05, 0.1) is 13.2 Å². The Bertz CT molecular complexity index is 351. The molecule has 0 aliphatic carbocycles. The van der Waals surface area contributed by atoms with E-state index in [2.05, 4.69) is 20.6 Å². The van der Waals surface area contributed by atoms with Gasteiger partial charge in [-0.3, -0.25) is 0 Å². The van der Waals surface area contributed by atoms with E-state index in [4.69, 9.17) is 4.74 Å². The molecule has 1 fully saturated rings. The number of rotatable bonds is 4. The third-order valence-corrected chi connectivity index (χ3v) is 3.16. The third kappa shape index (κ3) is 6.63. The Hall–Kier alpha value is -0.270. The molecule has 0 radical (unpaired) electrons. The van der Waals surface area contributed by atoms with Crippen molar-refractivity contribution in [3.8, 4) is 0 Å². The molecule has 1 saturated heterocycles. The second-order valence-electron chi connectivity index (χ2n) is 3.95. The number of anilines is 1.